The second-order valence-electron chi connectivity index (χ2n) is 21.7. The fourth-order valence-electron chi connectivity index (χ4n) is 7.91. The lowest BCUT2D eigenvalue weighted by molar-refractivity contribution is -0.870. The van der Waals surface area contributed by atoms with Gasteiger partial charge in [0.1, 0.15) is 19.8 Å². The first-order valence-electron chi connectivity index (χ1n) is 31.8. The number of unbranched alkanes of at least 4 members (excludes halogenated alkanes) is 14. The average molecular weight is 1150 g/mol. The lowest BCUT2D eigenvalue weighted by atomic mass is 10.1. The molecule has 10 heteroatoms. The molecule has 0 bridgehead atoms. The molecule has 0 aromatic heterocycles. The van der Waals surface area contributed by atoms with Crippen molar-refractivity contribution in [3.8, 4) is 0 Å². The zero-order valence-corrected chi connectivity index (χ0v) is 53.3. The third-order valence-corrected chi connectivity index (χ3v) is 13.7. The monoisotopic (exact) mass is 1150 g/mol. The van der Waals surface area contributed by atoms with Gasteiger partial charge in [0.05, 0.1) is 27.7 Å². The van der Waals surface area contributed by atoms with Crippen molar-refractivity contribution >= 4 is 19.8 Å². The number of carbonyl (C=O) groups excluding carboxylic acids is 2. The number of rotatable bonds is 56. The molecule has 2 atom stereocenters. The van der Waals surface area contributed by atoms with Gasteiger partial charge < -0.3 is 27.9 Å². The van der Waals surface area contributed by atoms with Crippen LogP contribution in [0.4, 0.5) is 0 Å². The minimum absolute atomic E-state index is 0.0452. The second kappa shape index (κ2) is 60.9. The number of phosphoric acid groups is 1. The second-order valence-corrected chi connectivity index (χ2v) is 23.1. The predicted octanol–water partition coefficient (Wildman–Crippen LogP) is 20.0. The summed E-state index contributed by atoms with van der Waals surface area (Å²) in [7, 11) is 1.12. The van der Waals surface area contributed by atoms with Gasteiger partial charge in [0, 0.05) is 12.8 Å². The highest BCUT2D eigenvalue weighted by Gasteiger charge is 2.22. The van der Waals surface area contributed by atoms with E-state index in [-0.39, 0.29) is 26.1 Å². The molecule has 0 aromatic rings. The van der Waals surface area contributed by atoms with Crippen molar-refractivity contribution in [2.75, 3.05) is 47.5 Å². The molecule has 0 aliphatic heterocycles. The van der Waals surface area contributed by atoms with Crippen molar-refractivity contribution in [3.05, 3.63) is 170 Å². The van der Waals surface area contributed by atoms with Crippen molar-refractivity contribution in [2.24, 2.45) is 0 Å². The number of hydrogen-bond acceptors (Lipinski definition) is 8. The van der Waals surface area contributed by atoms with Crippen molar-refractivity contribution in [1.82, 2.24) is 0 Å². The van der Waals surface area contributed by atoms with Gasteiger partial charge in [0.25, 0.3) is 7.82 Å². The summed E-state index contributed by atoms with van der Waals surface area (Å²) < 4.78 is 34.2. The topological polar surface area (TPSA) is 111 Å². The van der Waals surface area contributed by atoms with E-state index in [9.17, 15) is 19.0 Å². The van der Waals surface area contributed by atoms with E-state index in [1.807, 2.05) is 21.1 Å². The molecule has 9 nitrogen and oxygen atoms in total. The summed E-state index contributed by atoms with van der Waals surface area (Å²) in [4.78, 5) is 38.0. The minimum Gasteiger partial charge on any atom is -0.756 e. The van der Waals surface area contributed by atoms with Gasteiger partial charge in [-0.2, -0.15) is 0 Å². The summed E-state index contributed by atoms with van der Waals surface area (Å²) in [6.07, 6.45) is 92.6. The van der Waals surface area contributed by atoms with Crippen LogP contribution in [0.3, 0.4) is 0 Å². The number of quaternary nitrogens is 1. The molecule has 0 spiro atoms. The van der Waals surface area contributed by atoms with Crippen LogP contribution in [-0.2, 0) is 32.7 Å². The summed E-state index contributed by atoms with van der Waals surface area (Å²) in [6.45, 7) is 3.96. The van der Waals surface area contributed by atoms with Gasteiger partial charge in [-0.3, -0.25) is 14.2 Å². The van der Waals surface area contributed by atoms with Gasteiger partial charge in [-0.05, 0) is 128 Å². The molecule has 0 saturated carbocycles. The van der Waals surface area contributed by atoms with Crippen LogP contribution in [0.1, 0.15) is 219 Å². The van der Waals surface area contributed by atoms with Crippen molar-refractivity contribution < 1.29 is 42.1 Å². The first-order valence-corrected chi connectivity index (χ1v) is 33.3. The summed E-state index contributed by atoms with van der Waals surface area (Å²) in [6, 6.07) is 0. The van der Waals surface area contributed by atoms with E-state index in [0.29, 0.717) is 23.9 Å². The van der Waals surface area contributed by atoms with Crippen LogP contribution in [0.5, 0.6) is 0 Å². The summed E-state index contributed by atoms with van der Waals surface area (Å²) in [5, 5.41) is 0. The Morgan fingerprint density at radius 2 is 0.659 bits per heavy atom. The Morgan fingerprint density at radius 1 is 0.378 bits per heavy atom. The van der Waals surface area contributed by atoms with E-state index in [0.717, 1.165) is 148 Å². The highest BCUT2D eigenvalue weighted by atomic mass is 31.2. The zero-order chi connectivity index (χ0) is 59.8. The molecule has 0 radical (unpaired) electrons. The molecule has 0 amide bonds. The Balaban J connectivity index is 4.22. The molecule has 0 rings (SSSR count). The van der Waals surface area contributed by atoms with E-state index in [4.69, 9.17) is 18.5 Å². The van der Waals surface area contributed by atoms with Crippen LogP contribution >= 0.6 is 7.82 Å². The Hall–Kier alpha value is -4.63. The summed E-state index contributed by atoms with van der Waals surface area (Å²) in [5.41, 5.74) is 0. The maximum absolute atomic E-state index is 12.8. The van der Waals surface area contributed by atoms with Gasteiger partial charge in [0.15, 0.2) is 6.10 Å². The smallest absolute Gasteiger partial charge is 0.306 e. The fourth-order valence-corrected chi connectivity index (χ4v) is 8.64. The molecule has 0 heterocycles. The predicted molar refractivity (Wildman–Crippen MR) is 350 cm³/mol. The lowest BCUT2D eigenvalue weighted by Gasteiger charge is -2.28. The van der Waals surface area contributed by atoms with Gasteiger partial charge in [-0.25, -0.2) is 0 Å². The molecule has 0 saturated heterocycles. The Morgan fingerprint density at radius 3 is 0.976 bits per heavy atom. The van der Waals surface area contributed by atoms with E-state index in [1.54, 1.807) is 0 Å². The molecule has 0 aliphatic rings. The van der Waals surface area contributed by atoms with Gasteiger partial charge in [-0.15, -0.1) is 0 Å². The van der Waals surface area contributed by atoms with E-state index in [1.165, 1.54) is 32.1 Å². The van der Waals surface area contributed by atoms with Crippen molar-refractivity contribution in [3.63, 3.8) is 0 Å². The molecule has 0 aliphatic carbocycles. The standard InChI is InChI=1S/C72H116NO8P/c1-6-8-10-12-14-16-18-20-22-24-26-28-30-31-32-33-34-35-36-37-38-39-40-41-43-45-47-49-51-53-55-57-59-61-63-65-72(75)81-70(69-80-82(76,77)79-67-66-73(3,4)5)68-78-71(74)64-62-60-58-56-54-52-50-48-46-44-42-29-27-25-23-21-19-17-15-13-11-9-7-2/h8-11,14-17,20-23,26-29,31-32,34-35,37-38,40-41,44-47,70H,6-7,12-13,18-19,24-25,30,33,36,39,42-43,48-69H2,1-5H3/b10-8-,11-9-,16-14-,17-15-,22-20-,23-21-,28-26-,29-27-,32-31-,35-34-,38-37-,41-40-,46-44-,47-45-. The SMILES string of the molecule is CC/C=C\C/C=C\C/C=C\C/C=C\C/C=C\C/C=C\C/C=C\C/C=C\C/C=C\CCCCCCCCCC(=O)OC(COC(=O)CCCCCCCCC/C=C\C/C=C\C/C=C\C/C=C\C/C=C\CC)COP(=O)([O-])OCC[N+](C)(C)C. The summed E-state index contributed by atoms with van der Waals surface area (Å²) >= 11 is 0. The maximum atomic E-state index is 12.8. The average Bonchev–Trinajstić information content (AvgIpc) is 3.45. The number of phosphoric ester groups is 1. The third-order valence-electron chi connectivity index (χ3n) is 12.7. The highest BCUT2D eigenvalue weighted by molar-refractivity contribution is 7.45. The quantitative estimate of drug-likeness (QED) is 0.0195. The number of ether oxygens (including phenoxy) is 2. The molecule has 462 valence electrons. The van der Waals surface area contributed by atoms with Crippen LogP contribution in [-0.4, -0.2) is 70.0 Å². The minimum atomic E-state index is -4.66. The maximum Gasteiger partial charge on any atom is 0.306 e. The molecule has 82 heavy (non-hydrogen) atoms. The van der Waals surface area contributed by atoms with Crippen LogP contribution in [0, 0.1) is 0 Å². The number of allylic oxidation sites excluding steroid dienone is 28. The highest BCUT2D eigenvalue weighted by Crippen LogP contribution is 2.38. The van der Waals surface area contributed by atoms with Gasteiger partial charge in [0.2, 0.25) is 0 Å². The van der Waals surface area contributed by atoms with Gasteiger partial charge in [-0.1, -0.05) is 248 Å². The van der Waals surface area contributed by atoms with E-state index >= 15 is 0 Å². The van der Waals surface area contributed by atoms with Crippen molar-refractivity contribution in [2.45, 2.75) is 225 Å². The number of carbonyl (C=O) groups is 2. The Kier molecular flexibility index (Phi) is 57.5. The zero-order valence-electron chi connectivity index (χ0n) is 52.4. The van der Waals surface area contributed by atoms with Crippen LogP contribution < -0.4 is 4.89 Å². The Bertz CT molecular complexity index is 1990. The first-order chi connectivity index (χ1) is 40.0. The number of nitrogens with zero attached hydrogens (tertiary/aromatic N) is 1. The third kappa shape index (κ3) is 64.5. The normalized spacial score (nSPS) is 14.4. The molecule has 0 N–H and O–H groups in total. The largest absolute Gasteiger partial charge is 0.756 e. The fraction of sp³-hybridized carbons (Fsp3) is 0.583. The number of likely N-dealkylation sites (N-methyl/N-ethyl adjacent to an activating group) is 1. The first kappa shape index (κ1) is 77.4. The van der Waals surface area contributed by atoms with Crippen molar-refractivity contribution in [1.29, 1.82) is 0 Å². The van der Waals surface area contributed by atoms with Crippen LogP contribution in [0.25, 0.3) is 0 Å². The van der Waals surface area contributed by atoms with Crippen LogP contribution in [0.15, 0.2) is 170 Å². The van der Waals surface area contributed by atoms with E-state index in [2.05, 4.69) is 184 Å². The molecular weight excluding hydrogens is 1040 g/mol. The molecular formula is C72H116NO8P. The number of hydrogen-bond donors (Lipinski definition) is 0. The Labute approximate surface area is 502 Å². The molecule has 0 aromatic carbocycles. The molecule has 2 unspecified atom stereocenters. The number of esters is 2. The van der Waals surface area contributed by atoms with Crippen LogP contribution in [0.2, 0.25) is 0 Å². The molecule has 0 fully saturated rings. The van der Waals surface area contributed by atoms with Gasteiger partial charge >= 0.3 is 11.9 Å². The lowest BCUT2D eigenvalue weighted by Crippen LogP contribution is -2.37. The van der Waals surface area contributed by atoms with E-state index < -0.39 is 32.5 Å². The summed E-state index contributed by atoms with van der Waals surface area (Å²) in [5.74, 6) is -0.872.